The molecule has 0 aliphatic rings. The van der Waals surface area contributed by atoms with Crippen LogP contribution in [0.3, 0.4) is 0 Å². The van der Waals surface area contributed by atoms with Crippen LogP contribution in [-0.2, 0) is 4.79 Å². The third-order valence-electron chi connectivity index (χ3n) is 1.72. The van der Waals surface area contributed by atoms with Crippen LogP contribution in [0.15, 0.2) is 24.3 Å². The van der Waals surface area contributed by atoms with Gasteiger partial charge in [0.15, 0.2) is 0 Å². The second-order valence-electron chi connectivity index (χ2n) is 3.15. The van der Waals surface area contributed by atoms with Crippen LogP contribution in [0.1, 0.15) is 39.5 Å². The van der Waals surface area contributed by atoms with Crippen LogP contribution >= 0.6 is 0 Å². The van der Waals surface area contributed by atoms with E-state index in [2.05, 4.69) is 24.4 Å². The Morgan fingerprint density at radius 1 is 1.14 bits per heavy atom. The summed E-state index contributed by atoms with van der Waals surface area (Å²) in [5.74, 6) is 0.0197. The molecule has 0 spiro atoms. The van der Waals surface area contributed by atoms with Crippen molar-refractivity contribution in [2.24, 2.45) is 0 Å². The van der Waals surface area contributed by atoms with Gasteiger partial charge in [0, 0.05) is 6.54 Å². The number of carbonyl (C=O) groups is 1. The standard InChI is InChI=1S/C12H21NO/c1-3-5-6-7-8-9-10-12(14)13-11-4-2/h5-6,9-10H,3-4,7-8,11H2,1-2H3,(H,13,14)/b6-5-,10-9+. The molecule has 80 valence electrons. The number of hydrogen-bond donors (Lipinski definition) is 1. The van der Waals surface area contributed by atoms with Crippen molar-refractivity contribution >= 4 is 5.91 Å². The molecule has 0 heterocycles. The maximum Gasteiger partial charge on any atom is 0.243 e. The number of amides is 1. The Balaban J connectivity index is 3.42. The van der Waals surface area contributed by atoms with Gasteiger partial charge in [-0.1, -0.05) is 32.1 Å². The van der Waals surface area contributed by atoms with E-state index < -0.39 is 0 Å². The molecular formula is C12H21NO. The smallest absolute Gasteiger partial charge is 0.243 e. The van der Waals surface area contributed by atoms with Crippen molar-refractivity contribution in [3.8, 4) is 0 Å². The summed E-state index contributed by atoms with van der Waals surface area (Å²) in [6, 6.07) is 0. The molecule has 1 amide bonds. The van der Waals surface area contributed by atoms with Gasteiger partial charge in [-0.25, -0.2) is 0 Å². The van der Waals surface area contributed by atoms with E-state index in [1.54, 1.807) is 6.08 Å². The van der Waals surface area contributed by atoms with E-state index in [-0.39, 0.29) is 5.91 Å². The van der Waals surface area contributed by atoms with E-state index >= 15 is 0 Å². The van der Waals surface area contributed by atoms with Gasteiger partial charge in [0.2, 0.25) is 5.91 Å². The zero-order valence-corrected chi connectivity index (χ0v) is 9.25. The van der Waals surface area contributed by atoms with Gasteiger partial charge in [-0.2, -0.15) is 0 Å². The zero-order valence-electron chi connectivity index (χ0n) is 9.25. The van der Waals surface area contributed by atoms with Gasteiger partial charge in [0.25, 0.3) is 0 Å². The maximum absolute atomic E-state index is 11.1. The van der Waals surface area contributed by atoms with Crippen molar-refractivity contribution in [1.82, 2.24) is 5.32 Å². The molecule has 0 aromatic heterocycles. The summed E-state index contributed by atoms with van der Waals surface area (Å²) in [4.78, 5) is 11.1. The third kappa shape index (κ3) is 9.04. The normalized spacial score (nSPS) is 11.3. The lowest BCUT2D eigenvalue weighted by atomic mass is 10.2. The fourth-order valence-electron chi connectivity index (χ4n) is 0.974. The average molecular weight is 195 g/mol. The van der Waals surface area contributed by atoms with Gasteiger partial charge < -0.3 is 5.32 Å². The molecule has 0 aliphatic carbocycles. The maximum atomic E-state index is 11.1. The molecule has 0 aromatic carbocycles. The third-order valence-corrected chi connectivity index (χ3v) is 1.72. The number of nitrogens with one attached hydrogen (secondary N) is 1. The molecule has 0 aliphatic heterocycles. The van der Waals surface area contributed by atoms with Gasteiger partial charge in [-0.3, -0.25) is 4.79 Å². The summed E-state index contributed by atoms with van der Waals surface area (Å²) in [6.07, 6.45) is 11.9. The highest BCUT2D eigenvalue weighted by atomic mass is 16.1. The highest BCUT2D eigenvalue weighted by molar-refractivity contribution is 5.87. The molecule has 0 saturated heterocycles. The van der Waals surface area contributed by atoms with Gasteiger partial charge in [0.1, 0.15) is 0 Å². The van der Waals surface area contributed by atoms with Crippen LogP contribution < -0.4 is 5.32 Å². The van der Waals surface area contributed by atoms with Crippen LogP contribution in [0.5, 0.6) is 0 Å². The second kappa shape index (κ2) is 10.0. The molecule has 2 heteroatoms. The monoisotopic (exact) mass is 195 g/mol. The van der Waals surface area contributed by atoms with Gasteiger partial charge in [0.05, 0.1) is 0 Å². The summed E-state index contributed by atoms with van der Waals surface area (Å²) < 4.78 is 0. The van der Waals surface area contributed by atoms with E-state index in [0.29, 0.717) is 0 Å². The summed E-state index contributed by atoms with van der Waals surface area (Å²) in [5, 5.41) is 2.79. The van der Waals surface area contributed by atoms with E-state index in [9.17, 15) is 4.79 Å². The molecule has 0 rings (SSSR count). The average Bonchev–Trinajstić information content (AvgIpc) is 2.20. The first-order valence-electron chi connectivity index (χ1n) is 5.40. The predicted octanol–water partition coefficient (Wildman–Crippen LogP) is 2.82. The lowest BCUT2D eigenvalue weighted by molar-refractivity contribution is -0.116. The number of carbonyl (C=O) groups excluding carboxylic acids is 1. The molecular weight excluding hydrogens is 174 g/mol. The Kier molecular flexibility index (Phi) is 9.28. The Labute approximate surface area is 87.1 Å². The lowest BCUT2D eigenvalue weighted by Gasteiger charge is -1.96. The molecule has 0 unspecified atom stereocenters. The Bertz CT molecular complexity index is 194. The first kappa shape index (κ1) is 12.9. The minimum Gasteiger partial charge on any atom is -0.353 e. The molecule has 0 atom stereocenters. The minimum absolute atomic E-state index is 0.0197. The fourth-order valence-corrected chi connectivity index (χ4v) is 0.974. The van der Waals surface area contributed by atoms with Crippen LogP contribution in [-0.4, -0.2) is 12.5 Å². The number of allylic oxidation sites excluding steroid dienone is 3. The van der Waals surface area contributed by atoms with Crippen LogP contribution in [0, 0.1) is 0 Å². The van der Waals surface area contributed by atoms with Crippen LogP contribution in [0.25, 0.3) is 0 Å². The van der Waals surface area contributed by atoms with Gasteiger partial charge in [-0.05, 0) is 31.8 Å². The van der Waals surface area contributed by atoms with E-state index in [0.717, 1.165) is 32.2 Å². The Hall–Kier alpha value is -1.05. The van der Waals surface area contributed by atoms with E-state index in [4.69, 9.17) is 0 Å². The number of hydrogen-bond acceptors (Lipinski definition) is 1. The Morgan fingerprint density at radius 2 is 1.86 bits per heavy atom. The van der Waals surface area contributed by atoms with E-state index in [1.807, 2.05) is 13.0 Å². The molecule has 1 N–H and O–H groups in total. The molecule has 2 nitrogen and oxygen atoms in total. The van der Waals surface area contributed by atoms with Crippen molar-refractivity contribution in [3.05, 3.63) is 24.3 Å². The van der Waals surface area contributed by atoms with Crippen molar-refractivity contribution in [2.45, 2.75) is 39.5 Å². The highest BCUT2D eigenvalue weighted by Gasteiger charge is 1.90. The van der Waals surface area contributed by atoms with Crippen LogP contribution in [0.2, 0.25) is 0 Å². The molecule has 0 saturated carbocycles. The number of unbranched alkanes of at least 4 members (excludes halogenated alkanes) is 1. The van der Waals surface area contributed by atoms with Crippen molar-refractivity contribution in [1.29, 1.82) is 0 Å². The molecule has 0 aromatic rings. The van der Waals surface area contributed by atoms with Crippen molar-refractivity contribution in [2.75, 3.05) is 6.54 Å². The lowest BCUT2D eigenvalue weighted by Crippen LogP contribution is -2.21. The summed E-state index contributed by atoms with van der Waals surface area (Å²) in [7, 11) is 0. The fraction of sp³-hybridized carbons (Fsp3) is 0.583. The largest absolute Gasteiger partial charge is 0.353 e. The number of rotatable bonds is 7. The van der Waals surface area contributed by atoms with Gasteiger partial charge in [-0.15, -0.1) is 0 Å². The SMILES string of the molecule is CC/C=C\CC/C=C/C(=O)NCCC. The summed E-state index contributed by atoms with van der Waals surface area (Å²) in [6.45, 7) is 4.92. The Morgan fingerprint density at radius 3 is 2.50 bits per heavy atom. The zero-order chi connectivity index (χ0) is 10.6. The summed E-state index contributed by atoms with van der Waals surface area (Å²) >= 11 is 0. The first-order valence-corrected chi connectivity index (χ1v) is 5.40. The molecule has 14 heavy (non-hydrogen) atoms. The predicted molar refractivity (Wildman–Crippen MR) is 61.1 cm³/mol. The first-order chi connectivity index (χ1) is 6.81. The molecule has 0 bridgehead atoms. The molecule has 0 fully saturated rings. The van der Waals surface area contributed by atoms with Gasteiger partial charge >= 0.3 is 0 Å². The minimum atomic E-state index is 0.0197. The van der Waals surface area contributed by atoms with Crippen LogP contribution in [0.4, 0.5) is 0 Å². The van der Waals surface area contributed by atoms with E-state index in [1.165, 1.54) is 0 Å². The quantitative estimate of drug-likeness (QED) is 0.378. The highest BCUT2D eigenvalue weighted by Crippen LogP contribution is 1.93. The van der Waals surface area contributed by atoms with Crippen molar-refractivity contribution in [3.63, 3.8) is 0 Å². The molecule has 0 radical (unpaired) electrons. The van der Waals surface area contributed by atoms with Crippen molar-refractivity contribution < 1.29 is 4.79 Å². The second-order valence-corrected chi connectivity index (χ2v) is 3.15. The topological polar surface area (TPSA) is 29.1 Å². The summed E-state index contributed by atoms with van der Waals surface area (Å²) in [5.41, 5.74) is 0.